The monoisotopic (exact) mass is 223 g/mol. The summed E-state index contributed by atoms with van der Waals surface area (Å²) < 4.78 is 0. The van der Waals surface area contributed by atoms with Crippen molar-refractivity contribution in [3.05, 3.63) is 18.0 Å². The molecule has 0 atom stereocenters. The predicted octanol–water partition coefficient (Wildman–Crippen LogP) is 0.372. The quantitative estimate of drug-likeness (QED) is 0.693. The van der Waals surface area contributed by atoms with E-state index in [1.165, 1.54) is 0 Å². The molecular formula is C11H17N3O2. The molecule has 0 saturated heterocycles. The molecule has 16 heavy (non-hydrogen) atoms. The maximum atomic E-state index is 11.6. The van der Waals surface area contributed by atoms with E-state index in [0.717, 1.165) is 31.4 Å². The molecule has 0 spiro atoms. The highest BCUT2D eigenvalue weighted by Crippen LogP contribution is 2.18. The summed E-state index contributed by atoms with van der Waals surface area (Å²) in [5.41, 5.74) is 0.827. The van der Waals surface area contributed by atoms with Crippen molar-refractivity contribution in [1.82, 2.24) is 15.5 Å². The Morgan fingerprint density at radius 3 is 2.88 bits per heavy atom. The molecule has 0 radical (unpaired) electrons. The highest BCUT2D eigenvalue weighted by atomic mass is 16.3. The van der Waals surface area contributed by atoms with Gasteiger partial charge in [-0.1, -0.05) is 0 Å². The number of nitrogens with one attached hydrogen (secondary N) is 2. The predicted molar refractivity (Wildman–Crippen MR) is 58.7 cm³/mol. The maximum Gasteiger partial charge on any atom is 0.226 e. The first-order chi connectivity index (χ1) is 7.74. The summed E-state index contributed by atoms with van der Waals surface area (Å²) in [6.45, 7) is 0. The van der Waals surface area contributed by atoms with Crippen LogP contribution in [0.1, 0.15) is 31.4 Å². The normalized spacial score (nSPS) is 25.3. The topological polar surface area (TPSA) is 78.0 Å². The summed E-state index contributed by atoms with van der Waals surface area (Å²) in [6, 6.07) is 2.02. The highest BCUT2D eigenvalue weighted by Gasteiger charge is 2.20. The van der Waals surface area contributed by atoms with Crippen molar-refractivity contribution in [2.45, 2.75) is 44.2 Å². The molecule has 1 aromatic rings. The lowest BCUT2D eigenvalue weighted by molar-refractivity contribution is -0.121. The molecule has 1 aliphatic carbocycles. The third-order valence-electron chi connectivity index (χ3n) is 2.97. The Labute approximate surface area is 94.2 Å². The van der Waals surface area contributed by atoms with Gasteiger partial charge in [0.05, 0.1) is 12.5 Å². The van der Waals surface area contributed by atoms with Crippen LogP contribution in [0.25, 0.3) is 0 Å². The summed E-state index contributed by atoms with van der Waals surface area (Å²) in [5.74, 6) is 0.0191. The smallest absolute Gasteiger partial charge is 0.226 e. The summed E-state index contributed by atoms with van der Waals surface area (Å²) in [6.07, 6.45) is 5.12. The van der Waals surface area contributed by atoms with Crippen molar-refractivity contribution in [2.24, 2.45) is 0 Å². The van der Waals surface area contributed by atoms with Gasteiger partial charge in [0.1, 0.15) is 0 Å². The number of amides is 1. The fraction of sp³-hybridized carbons (Fsp3) is 0.636. The van der Waals surface area contributed by atoms with Crippen LogP contribution in [0.2, 0.25) is 0 Å². The average molecular weight is 223 g/mol. The van der Waals surface area contributed by atoms with Gasteiger partial charge in [-0.2, -0.15) is 5.10 Å². The third-order valence-corrected chi connectivity index (χ3v) is 2.97. The van der Waals surface area contributed by atoms with Crippen LogP contribution >= 0.6 is 0 Å². The second kappa shape index (κ2) is 5.12. The van der Waals surface area contributed by atoms with Gasteiger partial charge in [-0.25, -0.2) is 0 Å². The summed E-state index contributed by atoms with van der Waals surface area (Å²) in [4.78, 5) is 11.6. The number of hydrogen-bond donors (Lipinski definition) is 3. The van der Waals surface area contributed by atoms with Gasteiger partial charge in [-0.3, -0.25) is 9.89 Å². The summed E-state index contributed by atoms with van der Waals surface area (Å²) in [7, 11) is 0. The first-order valence-corrected chi connectivity index (χ1v) is 5.69. The van der Waals surface area contributed by atoms with Gasteiger partial charge in [0.15, 0.2) is 0 Å². The number of hydrogen-bond acceptors (Lipinski definition) is 3. The first-order valence-electron chi connectivity index (χ1n) is 5.69. The van der Waals surface area contributed by atoms with Crippen molar-refractivity contribution < 1.29 is 9.90 Å². The van der Waals surface area contributed by atoms with Crippen LogP contribution in [0.15, 0.2) is 12.3 Å². The van der Waals surface area contributed by atoms with Gasteiger partial charge in [-0.15, -0.1) is 0 Å². The number of aliphatic hydroxyl groups is 1. The van der Waals surface area contributed by atoms with Gasteiger partial charge >= 0.3 is 0 Å². The molecular weight excluding hydrogens is 206 g/mol. The summed E-state index contributed by atoms with van der Waals surface area (Å²) in [5, 5.41) is 18.9. The van der Waals surface area contributed by atoms with E-state index in [9.17, 15) is 9.90 Å². The van der Waals surface area contributed by atoms with E-state index < -0.39 is 0 Å². The molecule has 5 nitrogen and oxygen atoms in total. The fourth-order valence-corrected chi connectivity index (χ4v) is 2.05. The lowest BCUT2D eigenvalue weighted by Gasteiger charge is -2.26. The largest absolute Gasteiger partial charge is 0.393 e. The SMILES string of the molecule is O=C(Cc1ccn[nH]1)NC1CCC(O)CC1. The Bertz CT molecular complexity index is 329. The van der Waals surface area contributed by atoms with Crippen LogP contribution in [0.5, 0.6) is 0 Å². The third kappa shape index (κ3) is 3.06. The second-order valence-corrected chi connectivity index (χ2v) is 4.33. The Kier molecular flexibility index (Phi) is 3.56. The molecule has 1 saturated carbocycles. The standard InChI is InChI=1S/C11H17N3O2/c15-10-3-1-8(2-4-10)13-11(16)7-9-5-6-12-14-9/h5-6,8,10,15H,1-4,7H2,(H,12,14)(H,13,16). The van der Waals surface area contributed by atoms with E-state index in [2.05, 4.69) is 15.5 Å². The van der Waals surface area contributed by atoms with Crippen molar-refractivity contribution >= 4 is 5.91 Å². The zero-order chi connectivity index (χ0) is 11.4. The number of H-pyrrole nitrogens is 1. The van der Waals surface area contributed by atoms with E-state index in [1.54, 1.807) is 12.3 Å². The van der Waals surface area contributed by atoms with Gasteiger partial charge in [0.25, 0.3) is 0 Å². The molecule has 1 fully saturated rings. The first kappa shape index (κ1) is 11.1. The zero-order valence-corrected chi connectivity index (χ0v) is 9.15. The van der Waals surface area contributed by atoms with E-state index in [4.69, 9.17) is 0 Å². The number of aromatic nitrogens is 2. The van der Waals surface area contributed by atoms with E-state index >= 15 is 0 Å². The van der Waals surface area contributed by atoms with Crippen LogP contribution in [0.4, 0.5) is 0 Å². The molecule has 1 aliphatic rings. The molecule has 0 unspecified atom stereocenters. The number of nitrogens with zero attached hydrogens (tertiary/aromatic N) is 1. The van der Waals surface area contributed by atoms with Crippen LogP contribution in [0.3, 0.4) is 0 Å². The Morgan fingerprint density at radius 1 is 1.50 bits per heavy atom. The van der Waals surface area contributed by atoms with Crippen LogP contribution in [-0.4, -0.2) is 33.4 Å². The average Bonchev–Trinajstić information content (AvgIpc) is 2.74. The van der Waals surface area contributed by atoms with E-state index in [0.29, 0.717) is 6.42 Å². The number of carbonyl (C=O) groups is 1. The fourth-order valence-electron chi connectivity index (χ4n) is 2.05. The Balaban J connectivity index is 1.75. The van der Waals surface area contributed by atoms with Gasteiger partial charge < -0.3 is 10.4 Å². The molecule has 3 N–H and O–H groups in total. The minimum Gasteiger partial charge on any atom is -0.393 e. The van der Waals surface area contributed by atoms with Crippen LogP contribution in [0, 0.1) is 0 Å². The zero-order valence-electron chi connectivity index (χ0n) is 9.15. The lowest BCUT2D eigenvalue weighted by Crippen LogP contribution is -2.39. The molecule has 1 aromatic heterocycles. The molecule has 0 aromatic carbocycles. The molecule has 2 rings (SSSR count). The molecule has 0 bridgehead atoms. The van der Waals surface area contributed by atoms with Crippen molar-refractivity contribution in [3.63, 3.8) is 0 Å². The van der Waals surface area contributed by atoms with Gasteiger partial charge in [0, 0.05) is 17.9 Å². The minimum absolute atomic E-state index is 0.0191. The lowest BCUT2D eigenvalue weighted by atomic mass is 9.93. The molecule has 5 heteroatoms. The van der Waals surface area contributed by atoms with Crippen molar-refractivity contribution in [2.75, 3.05) is 0 Å². The number of aliphatic hydroxyl groups excluding tert-OH is 1. The highest BCUT2D eigenvalue weighted by molar-refractivity contribution is 5.78. The number of rotatable bonds is 3. The molecule has 1 amide bonds. The van der Waals surface area contributed by atoms with E-state index in [1.807, 2.05) is 0 Å². The van der Waals surface area contributed by atoms with Crippen molar-refractivity contribution in [1.29, 1.82) is 0 Å². The maximum absolute atomic E-state index is 11.6. The van der Waals surface area contributed by atoms with Crippen LogP contribution in [-0.2, 0) is 11.2 Å². The van der Waals surface area contributed by atoms with Crippen molar-refractivity contribution in [3.8, 4) is 0 Å². The minimum atomic E-state index is -0.180. The summed E-state index contributed by atoms with van der Waals surface area (Å²) >= 11 is 0. The van der Waals surface area contributed by atoms with E-state index in [-0.39, 0.29) is 18.1 Å². The molecule has 1 heterocycles. The molecule has 88 valence electrons. The van der Waals surface area contributed by atoms with Gasteiger partial charge in [0.2, 0.25) is 5.91 Å². The van der Waals surface area contributed by atoms with Gasteiger partial charge in [-0.05, 0) is 31.7 Å². The number of carbonyl (C=O) groups excluding carboxylic acids is 1. The number of aromatic amines is 1. The Hall–Kier alpha value is -1.36. The second-order valence-electron chi connectivity index (χ2n) is 4.33. The van der Waals surface area contributed by atoms with Crippen LogP contribution < -0.4 is 5.32 Å². The Morgan fingerprint density at radius 2 is 2.25 bits per heavy atom. The molecule has 0 aliphatic heterocycles.